The summed E-state index contributed by atoms with van der Waals surface area (Å²) in [6.45, 7) is 1.80. The fraction of sp³-hybridized carbons (Fsp3) is 0.133. The molecule has 0 radical (unpaired) electrons. The molecule has 0 aliphatic heterocycles. The van der Waals surface area contributed by atoms with Crippen molar-refractivity contribution in [2.45, 2.75) is 11.1 Å². The molecule has 4 heterocycles. The van der Waals surface area contributed by atoms with Crippen LogP contribution in [0.4, 0.5) is 10.8 Å². The molecule has 0 spiro atoms. The maximum atomic E-state index is 11.3. The third-order valence-electron chi connectivity index (χ3n) is 3.70. The summed E-state index contributed by atoms with van der Waals surface area (Å²) in [4.78, 5) is 8.81. The van der Waals surface area contributed by atoms with E-state index in [0.717, 1.165) is 21.8 Å². The van der Waals surface area contributed by atoms with Gasteiger partial charge in [0.2, 0.25) is 0 Å². The van der Waals surface area contributed by atoms with Gasteiger partial charge in [0.05, 0.1) is 23.1 Å². The number of fused-ring (bicyclic) bond motifs is 1. The molecule has 0 aliphatic carbocycles. The number of hydrogen-bond acceptors (Lipinski definition) is 6. The second kappa shape index (κ2) is 6.06. The van der Waals surface area contributed by atoms with E-state index in [1.807, 2.05) is 29.9 Å². The Morgan fingerprint density at radius 2 is 2.16 bits per heavy atom. The average Bonchev–Trinajstić information content (AvgIpc) is 3.26. The van der Waals surface area contributed by atoms with E-state index in [2.05, 4.69) is 20.4 Å². The molecule has 0 bridgehead atoms. The van der Waals surface area contributed by atoms with Crippen LogP contribution in [0.3, 0.4) is 0 Å². The highest BCUT2D eigenvalue weighted by Gasteiger charge is 2.14. The van der Waals surface area contributed by atoms with Crippen LogP contribution in [0.1, 0.15) is 5.56 Å². The van der Waals surface area contributed by atoms with Crippen LogP contribution in [0.15, 0.2) is 41.3 Å². The first-order valence-electron chi connectivity index (χ1n) is 7.32. The first-order valence-corrected chi connectivity index (χ1v) is 9.24. The second-order valence-corrected chi connectivity index (χ2v) is 7.69. The predicted molar refractivity (Wildman–Crippen MR) is 96.6 cm³/mol. The summed E-state index contributed by atoms with van der Waals surface area (Å²) in [5.74, 6) is 0.578. The van der Waals surface area contributed by atoms with Crippen LogP contribution in [0.5, 0.6) is 0 Å². The van der Waals surface area contributed by atoms with Crippen molar-refractivity contribution in [2.24, 2.45) is 7.05 Å². The van der Waals surface area contributed by atoms with Crippen LogP contribution in [0.2, 0.25) is 0 Å². The van der Waals surface area contributed by atoms with Crippen LogP contribution >= 0.6 is 11.3 Å². The molecule has 0 saturated heterocycles. The molecule has 128 valence electrons. The number of hydrogen-bond donors (Lipinski definition) is 2. The number of rotatable bonds is 4. The Morgan fingerprint density at radius 1 is 1.32 bits per heavy atom. The fourth-order valence-corrected chi connectivity index (χ4v) is 4.28. The average molecular weight is 374 g/mol. The molecule has 2 N–H and O–H groups in total. The Labute approximate surface area is 149 Å². The van der Waals surface area contributed by atoms with E-state index < -0.39 is 11.1 Å². The van der Waals surface area contributed by atoms with Crippen molar-refractivity contribution in [1.29, 1.82) is 0 Å². The highest BCUT2D eigenvalue weighted by molar-refractivity contribution is 7.82. The molecule has 4 rings (SSSR count). The van der Waals surface area contributed by atoms with E-state index in [9.17, 15) is 8.76 Å². The molecule has 1 atom stereocenters. The zero-order valence-corrected chi connectivity index (χ0v) is 15.0. The number of aryl methyl sites for hydroxylation is 2. The Balaban J connectivity index is 1.75. The number of aromatic nitrogens is 5. The van der Waals surface area contributed by atoms with Crippen molar-refractivity contribution in [2.75, 3.05) is 5.32 Å². The van der Waals surface area contributed by atoms with E-state index in [1.54, 1.807) is 30.2 Å². The van der Waals surface area contributed by atoms with Crippen molar-refractivity contribution in [1.82, 2.24) is 24.1 Å². The van der Waals surface area contributed by atoms with Gasteiger partial charge >= 0.3 is 0 Å². The molecule has 0 saturated carbocycles. The molecule has 25 heavy (non-hydrogen) atoms. The topological polar surface area (TPSA) is 97.3 Å². The standard InChI is InChI=1S/C15H14N6O2S2/c1-9-5-12(24-15(9)25(22)23)19-13-14-17-7-11(21(14)4-3-16-13)10-6-18-20(2)8-10/h3-8H,1-2H3,(H,16,19)(H,22,23). The second-order valence-electron chi connectivity index (χ2n) is 5.47. The summed E-state index contributed by atoms with van der Waals surface area (Å²) in [6.07, 6.45) is 8.99. The Morgan fingerprint density at radius 3 is 2.84 bits per heavy atom. The van der Waals surface area contributed by atoms with Gasteiger partial charge < -0.3 is 9.87 Å². The SMILES string of the molecule is Cc1cc(Nc2nccn3c(-c4cnn(C)c4)cnc23)sc1S(=O)O. The van der Waals surface area contributed by atoms with Crippen molar-refractivity contribution < 1.29 is 8.76 Å². The third kappa shape index (κ3) is 2.84. The smallest absolute Gasteiger partial charge is 0.197 e. The number of thiophene rings is 1. The lowest BCUT2D eigenvalue weighted by atomic mass is 10.3. The summed E-state index contributed by atoms with van der Waals surface area (Å²) >= 11 is -0.769. The van der Waals surface area contributed by atoms with Gasteiger partial charge in [-0.25, -0.2) is 14.2 Å². The summed E-state index contributed by atoms with van der Waals surface area (Å²) in [6, 6.07) is 1.82. The Hall–Kier alpha value is -2.56. The summed E-state index contributed by atoms with van der Waals surface area (Å²) < 4.78 is 24.7. The predicted octanol–water partition coefficient (Wildman–Crippen LogP) is 2.82. The van der Waals surface area contributed by atoms with Crippen LogP contribution in [0, 0.1) is 6.92 Å². The molecular formula is C15H14N6O2S2. The molecule has 4 aromatic heterocycles. The van der Waals surface area contributed by atoms with E-state index in [4.69, 9.17) is 0 Å². The molecule has 4 aromatic rings. The fourth-order valence-electron chi connectivity index (χ4n) is 2.59. The molecule has 8 nitrogen and oxygen atoms in total. The van der Waals surface area contributed by atoms with E-state index in [0.29, 0.717) is 15.7 Å². The maximum Gasteiger partial charge on any atom is 0.197 e. The molecule has 0 fully saturated rings. The molecule has 1 unspecified atom stereocenters. The van der Waals surface area contributed by atoms with Crippen LogP contribution < -0.4 is 5.32 Å². The third-order valence-corrected chi connectivity index (χ3v) is 5.97. The number of nitrogens with one attached hydrogen (secondary N) is 1. The quantitative estimate of drug-likeness (QED) is 0.533. The normalized spacial score (nSPS) is 12.6. The monoisotopic (exact) mass is 374 g/mol. The summed E-state index contributed by atoms with van der Waals surface area (Å²) in [7, 11) is 1.86. The van der Waals surface area contributed by atoms with Crippen LogP contribution in [-0.4, -0.2) is 32.9 Å². The molecule has 0 aromatic carbocycles. The Bertz CT molecular complexity index is 1100. The van der Waals surface area contributed by atoms with Gasteiger partial charge in [0, 0.05) is 31.2 Å². The molecule has 10 heteroatoms. The van der Waals surface area contributed by atoms with E-state index >= 15 is 0 Å². The van der Waals surface area contributed by atoms with Crippen molar-refractivity contribution in [3.63, 3.8) is 0 Å². The zero-order chi connectivity index (χ0) is 17.6. The lowest BCUT2D eigenvalue weighted by Crippen LogP contribution is -1.97. The van der Waals surface area contributed by atoms with Gasteiger partial charge in [0.25, 0.3) is 0 Å². The number of imidazole rings is 1. The number of anilines is 2. The van der Waals surface area contributed by atoms with Crippen molar-refractivity contribution in [3.05, 3.63) is 42.6 Å². The molecule has 0 amide bonds. The van der Waals surface area contributed by atoms with Gasteiger partial charge in [-0.1, -0.05) is 0 Å². The van der Waals surface area contributed by atoms with Gasteiger partial charge in [0.1, 0.15) is 4.21 Å². The largest absolute Gasteiger partial charge is 0.329 e. The lowest BCUT2D eigenvalue weighted by molar-refractivity contribution is 0.566. The molecule has 0 aliphatic rings. The van der Waals surface area contributed by atoms with Gasteiger partial charge in [0.15, 0.2) is 22.5 Å². The van der Waals surface area contributed by atoms with Crippen LogP contribution in [0.25, 0.3) is 16.9 Å². The van der Waals surface area contributed by atoms with Crippen LogP contribution in [-0.2, 0) is 18.1 Å². The summed E-state index contributed by atoms with van der Waals surface area (Å²) in [5.41, 5.74) is 3.30. The lowest BCUT2D eigenvalue weighted by Gasteiger charge is -2.05. The first-order chi connectivity index (χ1) is 12.0. The zero-order valence-electron chi connectivity index (χ0n) is 13.4. The van der Waals surface area contributed by atoms with Crippen molar-refractivity contribution in [3.8, 4) is 11.3 Å². The maximum absolute atomic E-state index is 11.3. The minimum absolute atomic E-state index is 0.425. The van der Waals surface area contributed by atoms with E-state index in [1.165, 1.54) is 11.3 Å². The highest BCUT2D eigenvalue weighted by Crippen LogP contribution is 2.32. The van der Waals surface area contributed by atoms with Gasteiger partial charge in [-0.3, -0.25) is 9.08 Å². The minimum atomic E-state index is -2.00. The summed E-state index contributed by atoms with van der Waals surface area (Å²) in [5, 5.41) is 8.12. The van der Waals surface area contributed by atoms with Crippen molar-refractivity contribution >= 4 is 38.9 Å². The van der Waals surface area contributed by atoms with E-state index in [-0.39, 0.29) is 0 Å². The first kappa shape index (κ1) is 15.9. The van der Waals surface area contributed by atoms with Gasteiger partial charge in [-0.2, -0.15) is 5.10 Å². The highest BCUT2D eigenvalue weighted by atomic mass is 32.2. The van der Waals surface area contributed by atoms with Gasteiger partial charge in [-0.05, 0) is 18.6 Å². The van der Waals surface area contributed by atoms with Gasteiger partial charge in [-0.15, -0.1) is 11.3 Å². The minimum Gasteiger partial charge on any atom is -0.329 e. The number of nitrogens with zero attached hydrogens (tertiary/aromatic N) is 5. The molecular weight excluding hydrogens is 360 g/mol. The Kier molecular flexibility index (Phi) is 3.86.